The summed E-state index contributed by atoms with van der Waals surface area (Å²) in [5, 5.41) is 4.01. The van der Waals surface area contributed by atoms with Crippen LogP contribution in [0.5, 0.6) is 0 Å². The second-order valence-corrected chi connectivity index (χ2v) is 6.51. The largest absolute Gasteiger partial charge is 0.340 e. The smallest absolute Gasteiger partial charge is 0.232 e. The van der Waals surface area contributed by atoms with Crippen molar-refractivity contribution in [2.75, 3.05) is 25.9 Å². The molecule has 1 saturated heterocycles. The number of halogens is 1. The van der Waals surface area contributed by atoms with E-state index in [-0.39, 0.29) is 5.91 Å². The van der Waals surface area contributed by atoms with Crippen LogP contribution in [0.3, 0.4) is 0 Å². The van der Waals surface area contributed by atoms with E-state index >= 15 is 0 Å². The van der Waals surface area contributed by atoms with E-state index in [0.717, 1.165) is 36.7 Å². The van der Waals surface area contributed by atoms with Crippen LogP contribution in [0, 0.1) is 0 Å². The van der Waals surface area contributed by atoms with E-state index in [2.05, 4.69) is 5.32 Å². The Labute approximate surface area is 130 Å². The van der Waals surface area contributed by atoms with E-state index in [0.29, 0.717) is 11.8 Å². The predicted molar refractivity (Wildman–Crippen MR) is 86.3 cm³/mol. The Hall–Kier alpha value is -0.710. The Kier molecular flexibility index (Phi) is 6.20. The molecular formula is C15H21ClN2OS. The first-order valence-electron chi connectivity index (χ1n) is 6.96. The zero-order valence-electron chi connectivity index (χ0n) is 11.8. The highest BCUT2D eigenvalue weighted by atomic mass is 35.5. The first-order chi connectivity index (χ1) is 9.69. The Balaban J connectivity index is 1.73. The van der Waals surface area contributed by atoms with Gasteiger partial charge in [-0.05, 0) is 37.6 Å². The number of hydrogen-bond donors (Lipinski definition) is 1. The highest BCUT2D eigenvalue weighted by Crippen LogP contribution is 2.17. The molecule has 110 valence electrons. The average Bonchev–Trinajstić information content (AvgIpc) is 2.49. The number of likely N-dealkylation sites (N-methyl/N-ethyl adjacent to an activating group) is 1. The molecule has 0 radical (unpaired) electrons. The number of carbonyl (C=O) groups is 1. The molecule has 1 amide bonds. The monoisotopic (exact) mass is 312 g/mol. The van der Waals surface area contributed by atoms with Crippen LogP contribution in [0.4, 0.5) is 0 Å². The lowest BCUT2D eigenvalue weighted by molar-refractivity contribution is -0.129. The van der Waals surface area contributed by atoms with Crippen molar-refractivity contribution in [3.8, 4) is 0 Å². The molecule has 0 aliphatic carbocycles. The number of rotatable bonds is 5. The first kappa shape index (κ1) is 15.7. The summed E-state index contributed by atoms with van der Waals surface area (Å²) < 4.78 is 0. The number of amides is 1. The van der Waals surface area contributed by atoms with Gasteiger partial charge in [0, 0.05) is 29.9 Å². The summed E-state index contributed by atoms with van der Waals surface area (Å²) in [6.07, 6.45) is 2.26. The van der Waals surface area contributed by atoms with E-state index in [4.69, 9.17) is 11.6 Å². The topological polar surface area (TPSA) is 32.3 Å². The van der Waals surface area contributed by atoms with E-state index in [1.54, 1.807) is 11.8 Å². The quantitative estimate of drug-likeness (QED) is 0.907. The summed E-state index contributed by atoms with van der Waals surface area (Å²) in [6.45, 7) is 1.75. The van der Waals surface area contributed by atoms with E-state index < -0.39 is 0 Å². The summed E-state index contributed by atoms with van der Waals surface area (Å²) in [6, 6.07) is 8.26. The van der Waals surface area contributed by atoms with E-state index in [9.17, 15) is 4.79 Å². The molecule has 1 aliphatic heterocycles. The number of carbonyl (C=O) groups excluding carboxylic acids is 1. The van der Waals surface area contributed by atoms with Gasteiger partial charge in [0.1, 0.15) is 0 Å². The van der Waals surface area contributed by atoms with Gasteiger partial charge < -0.3 is 10.2 Å². The van der Waals surface area contributed by atoms with Gasteiger partial charge in [0.15, 0.2) is 0 Å². The Morgan fingerprint density at radius 2 is 2.20 bits per heavy atom. The molecule has 1 aromatic rings. The van der Waals surface area contributed by atoms with Gasteiger partial charge in [0.25, 0.3) is 0 Å². The average molecular weight is 313 g/mol. The number of nitrogens with zero attached hydrogens (tertiary/aromatic N) is 1. The van der Waals surface area contributed by atoms with Gasteiger partial charge >= 0.3 is 0 Å². The second kappa shape index (κ2) is 7.91. The summed E-state index contributed by atoms with van der Waals surface area (Å²) in [5.74, 6) is 1.66. The van der Waals surface area contributed by atoms with Gasteiger partial charge in [0.2, 0.25) is 5.91 Å². The zero-order valence-corrected chi connectivity index (χ0v) is 13.3. The molecule has 1 atom stereocenters. The third-order valence-corrected chi connectivity index (χ3v) is 4.83. The maximum absolute atomic E-state index is 12.2. The van der Waals surface area contributed by atoms with Crippen molar-refractivity contribution >= 4 is 29.3 Å². The molecular weight excluding hydrogens is 292 g/mol. The van der Waals surface area contributed by atoms with Crippen molar-refractivity contribution in [2.24, 2.45) is 0 Å². The van der Waals surface area contributed by atoms with Gasteiger partial charge in [0.05, 0.1) is 5.75 Å². The maximum atomic E-state index is 12.2. The van der Waals surface area contributed by atoms with Gasteiger partial charge in [-0.25, -0.2) is 0 Å². The summed E-state index contributed by atoms with van der Waals surface area (Å²) in [4.78, 5) is 14.1. The molecule has 1 aromatic carbocycles. The minimum absolute atomic E-state index is 0.254. The molecule has 3 nitrogen and oxygen atoms in total. The van der Waals surface area contributed by atoms with Crippen molar-refractivity contribution in [3.05, 3.63) is 34.9 Å². The lowest BCUT2D eigenvalue weighted by atomic mass is 10.1. The fourth-order valence-electron chi connectivity index (χ4n) is 2.37. The van der Waals surface area contributed by atoms with Crippen LogP contribution in [0.25, 0.3) is 0 Å². The van der Waals surface area contributed by atoms with Crippen molar-refractivity contribution in [1.29, 1.82) is 0 Å². The van der Waals surface area contributed by atoms with Gasteiger partial charge in [-0.2, -0.15) is 0 Å². The van der Waals surface area contributed by atoms with E-state index in [1.165, 1.54) is 5.56 Å². The second-order valence-electron chi connectivity index (χ2n) is 5.09. The highest BCUT2D eigenvalue weighted by molar-refractivity contribution is 7.99. The minimum atomic E-state index is 0.254. The summed E-state index contributed by atoms with van der Waals surface area (Å²) in [5.41, 5.74) is 1.21. The lowest BCUT2D eigenvalue weighted by Gasteiger charge is -2.32. The van der Waals surface area contributed by atoms with Gasteiger partial charge in [-0.15, -0.1) is 11.8 Å². The standard InChI is InChI=1S/C15H21ClN2OS/c1-17-14-3-2-8-18(9-14)15(19)11-20-10-12-4-6-13(16)7-5-12/h4-7,14,17H,2-3,8-11H2,1H3. The van der Waals surface area contributed by atoms with Crippen molar-refractivity contribution < 1.29 is 4.79 Å². The van der Waals surface area contributed by atoms with Crippen LogP contribution in [-0.2, 0) is 10.5 Å². The molecule has 2 rings (SSSR count). The first-order valence-corrected chi connectivity index (χ1v) is 8.49. The third-order valence-electron chi connectivity index (χ3n) is 3.59. The number of piperidine rings is 1. The van der Waals surface area contributed by atoms with Crippen LogP contribution < -0.4 is 5.32 Å². The molecule has 1 heterocycles. The van der Waals surface area contributed by atoms with Crippen LogP contribution in [0.2, 0.25) is 5.02 Å². The summed E-state index contributed by atoms with van der Waals surface area (Å²) >= 11 is 7.52. The molecule has 1 fully saturated rings. The Bertz CT molecular complexity index is 438. The number of thioether (sulfide) groups is 1. The van der Waals surface area contributed by atoms with E-state index in [1.807, 2.05) is 36.2 Å². The Morgan fingerprint density at radius 1 is 1.45 bits per heavy atom. The number of benzene rings is 1. The maximum Gasteiger partial charge on any atom is 0.232 e. The van der Waals surface area contributed by atoms with Gasteiger partial charge in [-0.1, -0.05) is 23.7 Å². The molecule has 1 aliphatic rings. The fraction of sp³-hybridized carbons (Fsp3) is 0.533. The molecule has 1 unspecified atom stereocenters. The number of likely N-dealkylation sites (tertiary alicyclic amines) is 1. The van der Waals surface area contributed by atoms with Crippen molar-refractivity contribution in [1.82, 2.24) is 10.2 Å². The van der Waals surface area contributed by atoms with Crippen LogP contribution in [0.1, 0.15) is 18.4 Å². The van der Waals surface area contributed by atoms with Gasteiger partial charge in [-0.3, -0.25) is 4.79 Å². The lowest BCUT2D eigenvalue weighted by Crippen LogP contribution is -2.47. The van der Waals surface area contributed by atoms with Crippen LogP contribution in [-0.4, -0.2) is 42.7 Å². The normalized spacial score (nSPS) is 19.1. The molecule has 20 heavy (non-hydrogen) atoms. The molecule has 5 heteroatoms. The molecule has 0 aromatic heterocycles. The molecule has 0 bridgehead atoms. The highest BCUT2D eigenvalue weighted by Gasteiger charge is 2.22. The predicted octanol–water partition coefficient (Wildman–Crippen LogP) is 2.78. The number of nitrogens with one attached hydrogen (secondary N) is 1. The zero-order chi connectivity index (χ0) is 14.4. The van der Waals surface area contributed by atoms with Crippen molar-refractivity contribution in [2.45, 2.75) is 24.6 Å². The molecule has 1 N–H and O–H groups in total. The summed E-state index contributed by atoms with van der Waals surface area (Å²) in [7, 11) is 1.97. The third kappa shape index (κ3) is 4.69. The fourth-order valence-corrected chi connectivity index (χ4v) is 3.38. The SMILES string of the molecule is CNC1CCCN(C(=O)CSCc2ccc(Cl)cc2)C1. The minimum Gasteiger partial charge on any atom is -0.340 e. The Morgan fingerprint density at radius 3 is 2.90 bits per heavy atom. The van der Waals surface area contributed by atoms with Crippen LogP contribution in [0.15, 0.2) is 24.3 Å². The number of hydrogen-bond acceptors (Lipinski definition) is 3. The van der Waals surface area contributed by atoms with Crippen LogP contribution >= 0.6 is 23.4 Å². The van der Waals surface area contributed by atoms with Crippen molar-refractivity contribution in [3.63, 3.8) is 0 Å². The molecule has 0 spiro atoms. The molecule has 0 saturated carbocycles.